The molecule has 0 unspecified atom stereocenters. The Labute approximate surface area is 102 Å². The Balaban J connectivity index is 2.74. The van der Waals surface area contributed by atoms with E-state index in [4.69, 9.17) is 0 Å². The van der Waals surface area contributed by atoms with Gasteiger partial charge in [0.15, 0.2) is 5.78 Å². The first-order chi connectivity index (χ1) is 8.50. The van der Waals surface area contributed by atoms with Crippen LogP contribution in [0.25, 0.3) is 11.1 Å². The molecule has 92 valence electrons. The van der Waals surface area contributed by atoms with Crippen LogP contribution in [0, 0.1) is 17.5 Å². The lowest BCUT2D eigenvalue weighted by molar-refractivity contribution is 0.101. The lowest BCUT2D eigenvalue weighted by Crippen LogP contribution is -2.00. The highest BCUT2D eigenvalue weighted by atomic mass is 19.1. The van der Waals surface area contributed by atoms with Crippen molar-refractivity contribution in [3.05, 3.63) is 59.4 Å². The van der Waals surface area contributed by atoms with Gasteiger partial charge in [-0.2, -0.15) is 0 Å². The normalized spacial score (nSPS) is 10.4. The third-order valence-corrected chi connectivity index (χ3v) is 2.58. The average molecular weight is 250 g/mol. The van der Waals surface area contributed by atoms with Gasteiger partial charge in [-0.25, -0.2) is 13.2 Å². The zero-order chi connectivity index (χ0) is 13.3. The summed E-state index contributed by atoms with van der Waals surface area (Å²) in [6.07, 6.45) is 0. The second kappa shape index (κ2) is 4.64. The fourth-order valence-electron chi connectivity index (χ4n) is 1.81. The first-order valence-electron chi connectivity index (χ1n) is 5.25. The van der Waals surface area contributed by atoms with Gasteiger partial charge in [-0.15, -0.1) is 0 Å². The minimum absolute atomic E-state index is 0.125. The zero-order valence-corrected chi connectivity index (χ0v) is 9.51. The second-order valence-corrected chi connectivity index (χ2v) is 3.85. The van der Waals surface area contributed by atoms with E-state index in [-0.39, 0.29) is 22.5 Å². The van der Waals surface area contributed by atoms with E-state index < -0.39 is 17.5 Å². The molecule has 0 heterocycles. The van der Waals surface area contributed by atoms with Crippen molar-refractivity contribution in [2.45, 2.75) is 6.92 Å². The highest BCUT2D eigenvalue weighted by Crippen LogP contribution is 2.29. The summed E-state index contributed by atoms with van der Waals surface area (Å²) in [5.41, 5.74) is -0.0656. The Morgan fingerprint density at radius 2 is 1.56 bits per heavy atom. The van der Waals surface area contributed by atoms with E-state index in [0.29, 0.717) is 12.1 Å². The number of halogens is 3. The van der Waals surface area contributed by atoms with E-state index in [1.807, 2.05) is 0 Å². The van der Waals surface area contributed by atoms with E-state index in [1.165, 1.54) is 19.1 Å². The molecule has 2 aromatic carbocycles. The number of carbonyl (C=O) groups is 1. The quantitative estimate of drug-likeness (QED) is 0.737. The average Bonchev–Trinajstić information content (AvgIpc) is 2.28. The van der Waals surface area contributed by atoms with Gasteiger partial charge in [0.1, 0.15) is 17.5 Å². The van der Waals surface area contributed by atoms with E-state index in [0.717, 1.165) is 0 Å². The maximum Gasteiger partial charge on any atom is 0.160 e. The molecule has 0 radical (unpaired) electrons. The number of hydrogen-bond donors (Lipinski definition) is 0. The second-order valence-electron chi connectivity index (χ2n) is 3.85. The Morgan fingerprint density at radius 3 is 2.11 bits per heavy atom. The van der Waals surface area contributed by atoms with Crippen LogP contribution in [0.5, 0.6) is 0 Å². The number of hydrogen-bond acceptors (Lipinski definition) is 1. The van der Waals surface area contributed by atoms with Crippen LogP contribution in [0.3, 0.4) is 0 Å². The topological polar surface area (TPSA) is 17.1 Å². The van der Waals surface area contributed by atoms with Crippen molar-refractivity contribution in [1.82, 2.24) is 0 Å². The fourth-order valence-corrected chi connectivity index (χ4v) is 1.81. The Hall–Kier alpha value is -2.10. The summed E-state index contributed by atoms with van der Waals surface area (Å²) in [6, 6.07) is 7.24. The van der Waals surface area contributed by atoms with Crippen LogP contribution in [0.15, 0.2) is 36.4 Å². The first kappa shape index (κ1) is 12.4. The Bertz CT molecular complexity index is 597. The summed E-state index contributed by atoms with van der Waals surface area (Å²) < 4.78 is 40.1. The van der Waals surface area contributed by atoms with Crippen molar-refractivity contribution in [3.63, 3.8) is 0 Å². The molecule has 0 aliphatic rings. The lowest BCUT2D eigenvalue weighted by Gasteiger charge is -2.09. The highest BCUT2D eigenvalue weighted by molar-refractivity contribution is 6.00. The predicted octanol–water partition coefficient (Wildman–Crippen LogP) is 3.97. The number of carbonyl (C=O) groups excluding carboxylic acids is 1. The Morgan fingerprint density at radius 1 is 1.00 bits per heavy atom. The van der Waals surface area contributed by atoms with Gasteiger partial charge < -0.3 is 0 Å². The summed E-state index contributed by atoms with van der Waals surface area (Å²) in [7, 11) is 0. The van der Waals surface area contributed by atoms with Crippen molar-refractivity contribution in [2.24, 2.45) is 0 Å². The molecule has 2 aromatic rings. The van der Waals surface area contributed by atoms with Gasteiger partial charge in [-0.1, -0.05) is 24.3 Å². The van der Waals surface area contributed by atoms with Crippen LogP contribution in [0.4, 0.5) is 13.2 Å². The predicted molar refractivity (Wildman–Crippen MR) is 61.8 cm³/mol. The SMILES string of the molecule is CC(=O)c1ccccc1-c1c(F)cc(F)cc1F. The van der Waals surface area contributed by atoms with Crippen LogP contribution < -0.4 is 0 Å². The van der Waals surface area contributed by atoms with Gasteiger partial charge in [0.05, 0.1) is 5.56 Å². The molecule has 4 heteroatoms. The van der Waals surface area contributed by atoms with Crippen molar-refractivity contribution in [1.29, 1.82) is 0 Å². The molecule has 2 rings (SSSR count). The number of ketones is 1. The minimum Gasteiger partial charge on any atom is -0.294 e. The maximum absolute atomic E-state index is 13.6. The van der Waals surface area contributed by atoms with Crippen LogP contribution in [0.1, 0.15) is 17.3 Å². The van der Waals surface area contributed by atoms with Crippen molar-refractivity contribution in [2.75, 3.05) is 0 Å². The number of rotatable bonds is 2. The summed E-state index contributed by atoms with van der Waals surface area (Å²) in [4.78, 5) is 11.4. The third-order valence-electron chi connectivity index (χ3n) is 2.58. The summed E-state index contributed by atoms with van der Waals surface area (Å²) >= 11 is 0. The molecule has 0 aliphatic heterocycles. The smallest absolute Gasteiger partial charge is 0.160 e. The van der Waals surface area contributed by atoms with Gasteiger partial charge in [0.2, 0.25) is 0 Å². The zero-order valence-electron chi connectivity index (χ0n) is 9.51. The molecule has 1 nitrogen and oxygen atoms in total. The number of Topliss-reactive ketones (excluding diaryl/α,β-unsaturated/α-hetero) is 1. The monoisotopic (exact) mass is 250 g/mol. The lowest BCUT2D eigenvalue weighted by atomic mass is 9.96. The molecule has 0 saturated heterocycles. The van der Waals surface area contributed by atoms with E-state index in [1.54, 1.807) is 12.1 Å². The Kier molecular flexibility index (Phi) is 3.19. The molecule has 0 aromatic heterocycles. The molecule has 0 amide bonds. The maximum atomic E-state index is 13.6. The van der Waals surface area contributed by atoms with Crippen LogP contribution in [0.2, 0.25) is 0 Å². The van der Waals surface area contributed by atoms with Crippen molar-refractivity contribution >= 4 is 5.78 Å². The summed E-state index contributed by atoms with van der Waals surface area (Å²) in [5, 5.41) is 0. The number of benzene rings is 2. The summed E-state index contributed by atoms with van der Waals surface area (Å²) in [5.74, 6) is -3.36. The largest absolute Gasteiger partial charge is 0.294 e. The molecule has 0 fully saturated rings. The van der Waals surface area contributed by atoms with Gasteiger partial charge in [0, 0.05) is 17.7 Å². The molecule has 0 aliphatic carbocycles. The van der Waals surface area contributed by atoms with E-state index in [2.05, 4.69) is 0 Å². The summed E-state index contributed by atoms with van der Waals surface area (Å²) in [6.45, 7) is 1.30. The molecular weight excluding hydrogens is 241 g/mol. The van der Waals surface area contributed by atoms with Crippen LogP contribution in [-0.2, 0) is 0 Å². The van der Waals surface area contributed by atoms with Gasteiger partial charge in [0.25, 0.3) is 0 Å². The van der Waals surface area contributed by atoms with Gasteiger partial charge >= 0.3 is 0 Å². The molecule has 18 heavy (non-hydrogen) atoms. The molecule has 0 N–H and O–H groups in total. The van der Waals surface area contributed by atoms with Crippen molar-refractivity contribution < 1.29 is 18.0 Å². The van der Waals surface area contributed by atoms with Crippen LogP contribution >= 0.6 is 0 Å². The standard InChI is InChI=1S/C14H9F3O/c1-8(18)10-4-2-3-5-11(10)14-12(16)6-9(15)7-13(14)17/h2-7H,1H3. The van der Waals surface area contributed by atoms with Crippen LogP contribution in [-0.4, -0.2) is 5.78 Å². The van der Waals surface area contributed by atoms with Gasteiger partial charge in [-0.05, 0) is 12.5 Å². The third kappa shape index (κ3) is 2.14. The first-order valence-corrected chi connectivity index (χ1v) is 5.25. The minimum atomic E-state index is -1.03. The highest BCUT2D eigenvalue weighted by Gasteiger charge is 2.17. The fraction of sp³-hybridized carbons (Fsp3) is 0.0714. The molecular formula is C14H9F3O. The molecule has 0 atom stereocenters. The van der Waals surface area contributed by atoms with E-state index >= 15 is 0 Å². The van der Waals surface area contributed by atoms with Gasteiger partial charge in [-0.3, -0.25) is 4.79 Å². The molecule has 0 saturated carbocycles. The van der Waals surface area contributed by atoms with Crippen molar-refractivity contribution in [3.8, 4) is 11.1 Å². The van der Waals surface area contributed by atoms with E-state index in [9.17, 15) is 18.0 Å². The molecule has 0 bridgehead atoms. The molecule has 0 spiro atoms.